The molecule has 27 heavy (non-hydrogen) atoms. The van der Waals surface area contributed by atoms with Gasteiger partial charge in [0.25, 0.3) is 5.69 Å². The van der Waals surface area contributed by atoms with Gasteiger partial charge in [-0.25, -0.2) is 8.42 Å². The predicted octanol–water partition coefficient (Wildman–Crippen LogP) is 2.63. The van der Waals surface area contributed by atoms with Crippen molar-refractivity contribution in [3.05, 3.63) is 64.7 Å². The van der Waals surface area contributed by atoms with Gasteiger partial charge in [0.1, 0.15) is 0 Å². The topological polar surface area (TPSA) is 110 Å². The Balaban J connectivity index is 1.79. The maximum atomic E-state index is 12.9. The van der Waals surface area contributed by atoms with Gasteiger partial charge in [-0.15, -0.1) is 0 Å². The Kier molecular flexibility index (Phi) is 5.52. The number of piperidine rings is 1. The number of para-hydroxylation sites is 2. The minimum absolute atomic E-state index is 0.00690. The third-order valence-electron chi connectivity index (χ3n) is 4.48. The van der Waals surface area contributed by atoms with Crippen LogP contribution in [0.5, 0.6) is 0 Å². The second kappa shape index (κ2) is 7.85. The number of nitro benzene ring substituents is 1. The Hall–Kier alpha value is -2.78. The Morgan fingerprint density at radius 2 is 1.78 bits per heavy atom. The monoisotopic (exact) mass is 389 g/mol. The standard InChI is InChI=1S/C18H19N3O5S/c22-18(19-15-8-2-1-3-9-15)14-7-6-12-20(13-14)27(25,26)17-11-5-4-10-16(17)21(23)24/h1-5,8-11,14H,6-7,12-13H2,(H,19,22). The predicted molar refractivity (Wildman–Crippen MR) is 99.7 cm³/mol. The average Bonchev–Trinajstić information content (AvgIpc) is 2.69. The fraction of sp³-hybridized carbons (Fsp3) is 0.278. The summed E-state index contributed by atoms with van der Waals surface area (Å²) in [5, 5.41) is 14.0. The lowest BCUT2D eigenvalue weighted by molar-refractivity contribution is -0.387. The number of carbonyl (C=O) groups is 1. The first-order valence-corrected chi connectivity index (χ1v) is 9.93. The van der Waals surface area contributed by atoms with E-state index in [1.165, 1.54) is 18.2 Å². The fourth-order valence-electron chi connectivity index (χ4n) is 3.11. The number of benzene rings is 2. The summed E-state index contributed by atoms with van der Waals surface area (Å²) in [4.78, 5) is 22.6. The molecule has 142 valence electrons. The second-order valence-electron chi connectivity index (χ2n) is 6.28. The summed E-state index contributed by atoms with van der Waals surface area (Å²) in [6.45, 7) is 0.219. The number of nitrogens with one attached hydrogen (secondary N) is 1. The van der Waals surface area contributed by atoms with Crippen molar-refractivity contribution in [1.29, 1.82) is 0 Å². The summed E-state index contributed by atoms with van der Waals surface area (Å²) in [7, 11) is -4.07. The number of hydrogen-bond donors (Lipinski definition) is 1. The quantitative estimate of drug-likeness (QED) is 0.624. The van der Waals surface area contributed by atoms with Crippen LogP contribution in [0.1, 0.15) is 12.8 Å². The van der Waals surface area contributed by atoms with E-state index in [1.54, 1.807) is 24.3 Å². The van der Waals surface area contributed by atoms with E-state index in [9.17, 15) is 23.3 Å². The SMILES string of the molecule is O=C(Nc1ccccc1)C1CCCN(S(=O)(=O)c2ccccc2[N+](=O)[O-])C1. The molecule has 1 unspecified atom stereocenters. The minimum Gasteiger partial charge on any atom is -0.326 e. The molecule has 1 aliphatic rings. The Morgan fingerprint density at radius 3 is 2.48 bits per heavy atom. The average molecular weight is 389 g/mol. The van der Waals surface area contributed by atoms with Crippen molar-refractivity contribution >= 4 is 27.3 Å². The first-order chi connectivity index (χ1) is 12.9. The molecule has 1 saturated heterocycles. The van der Waals surface area contributed by atoms with Gasteiger partial charge in [0, 0.05) is 24.8 Å². The summed E-state index contributed by atoms with van der Waals surface area (Å²) < 4.78 is 27.0. The highest BCUT2D eigenvalue weighted by molar-refractivity contribution is 7.89. The number of amides is 1. The number of rotatable bonds is 5. The third-order valence-corrected chi connectivity index (χ3v) is 6.39. The van der Waals surface area contributed by atoms with Crippen LogP contribution in [0, 0.1) is 16.0 Å². The molecule has 1 aliphatic heterocycles. The molecule has 0 bridgehead atoms. The Bertz CT molecular complexity index is 946. The van der Waals surface area contributed by atoms with Gasteiger partial charge >= 0.3 is 0 Å². The van der Waals surface area contributed by atoms with Crippen molar-refractivity contribution in [3.8, 4) is 0 Å². The van der Waals surface area contributed by atoms with Gasteiger partial charge in [0.15, 0.2) is 4.90 Å². The van der Waals surface area contributed by atoms with E-state index in [1.807, 2.05) is 6.07 Å². The van der Waals surface area contributed by atoms with Gasteiger partial charge in [0.05, 0.1) is 10.8 Å². The molecule has 1 N–H and O–H groups in total. The molecule has 0 aliphatic carbocycles. The molecule has 1 amide bonds. The first kappa shape index (κ1) is 19.0. The number of nitro groups is 1. The van der Waals surface area contributed by atoms with E-state index in [0.29, 0.717) is 18.5 Å². The number of nitrogens with zero attached hydrogens (tertiary/aromatic N) is 2. The third kappa shape index (κ3) is 4.15. The normalized spacial score (nSPS) is 18.0. The zero-order chi connectivity index (χ0) is 19.4. The summed E-state index contributed by atoms with van der Waals surface area (Å²) >= 11 is 0. The van der Waals surface area contributed by atoms with Gasteiger partial charge < -0.3 is 5.32 Å². The first-order valence-electron chi connectivity index (χ1n) is 8.49. The Morgan fingerprint density at radius 1 is 1.11 bits per heavy atom. The molecule has 1 fully saturated rings. The Labute approximate surface area is 157 Å². The van der Waals surface area contributed by atoms with Crippen molar-refractivity contribution in [1.82, 2.24) is 4.31 Å². The molecule has 1 atom stereocenters. The fourth-order valence-corrected chi connectivity index (χ4v) is 4.79. The summed E-state index contributed by atoms with van der Waals surface area (Å²) in [6.07, 6.45) is 1.06. The minimum atomic E-state index is -4.07. The van der Waals surface area contributed by atoms with Crippen LogP contribution in [0.3, 0.4) is 0 Å². The van der Waals surface area contributed by atoms with E-state index >= 15 is 0 Å². The van der Waals surface area contributed by atoms with Gasteiger partial charge in [-0.2, -0.15) is 4.31 Å². The molecule has 8 nitrogen and oxygen atoms in total. The van der Waals surface area contributed by atoms with Crippen LogP contribution in [0.15, 0.2) is 59.5 Å². The lowest BCUT2D eigenvalue weighted by Gasteiger charge is -2.31. The lowest BCUT2D eigenvalue weighted by atomic mass is 9.99. The summed E-state index contributed by atoms with van der Waals surface area (Å²) in [5.74, 6) is -0.778. The molecule has 0 saturated carbocycles. The van der Waals surface area contributed by atoms with Crippen LogP contribution in [-0.2, 0) is 14.8 Å². The zero-order valence-electron chi connectivity index (χ0n) is 14.4. The van der Waals surface area contributed by atoms with Gasteiger partial charge in [-0.3, -0.25) is 14.9 Å². The van der Waals surface area contributed by atoms with Crippen LogP contribution >= 0.6 is 0 Å². The van der Waals surface area contributed by atoms with Gasteiger partial charge in [0.2, 0.25) is 15.9 Å². The number of anilines is 1. The molecule has 2 aromatic carbocycles. The van der Waals surface area contributed by atoms with Crippen molar-refractivity contribution in [2.45, 2.75) is 17.7 Å². The maximum absolute atomic E-state index is 12.9. The molecular formula is C18H19N3O5S. The molecule has 0 radical (unpaired) electrons. The van der Waals surface area contributed by atoms with Gasteiger partial charge in [-0.05, 0) is 31.0 Å². The van der Waals surface area contributed by atoms with Gasteiger partial charge in [-0.1, -0.05) is 30.3 Å². The summed E-state index contributed by atoms with van der Waals surface area (Å²) in [6, 6.07) is 14.2. The molecule has 0 spiro atoms. The van der Waals surface area contributed by atoms with Crippen LogP contribution < -0.4 is 5.32 Å². The van der Waals surface area contributed by atoms with Crippen molar-refractivity contribution < 1.29 is 18.1 Å². The van der Waals surface area contributed by atoms with Crippen molar-refractivity contribution in [2.24, 2.45) is 5.92 Å². The van der Waals surface area contributed by atoms with Crippen molar-refractivity contribution in [2.75, 3.05) is 18.4 Å². The smallest absolute Gasteiger partial charge is 0.289 e. The van der Waals surface area contributed by atoms with E-state index in [2.05, 4.69) is 5.32 Å². The van der Waals surface area contributed by atoms with E-state index < -0.39 is 26.6 Å². The van der Waals surface area contributed by atoms with E-state index in [0.717, 1.165) is 10.4 Å². The molecule has 2 aromatic rings. The van der Waals surface area contributed by atoms with E-state index in [-0.39, 0.29) is 23.9 Å². The number of hydrogen-bond acceptors (Lipinski definition) is 5. The highest BCUT2D eigenvalue weighted by Gasteiger charge is 2.36. The molecular weight excluding hydrogens is 370 g/mol. The maximum Gasteiger partial charge on any atom is 0.289 e. The molecule has 9 heteroatoms. The molecule has 3 rings (SSSR count). The lowest BCUT2D eigenvalue weighted by Crippen LogP contribution is -2.43. The highest BCUT2D eigenvalue weighted by atomic mass is 32.2. The van der Waals surface area contributed by atoms with Crippen LogP contribution in [-0.4, -0.2) is 36.6 Å². The zero-order valence-corrected chi connectivity index (χ0v) is 15.3. The molecule has 1 heterocycles. The van der Waals surface area contributed by atoms with Crippen LogP contribution in [0.2, 0.25) is 0 Å². The van der Waals surface area contributed by atoms with Crippen LogP contribution in [0.25, 0.3) is 0 Å². The molecule has 0 aromatic heterocycles. The highest BCUT2D eigenvalue weighted by Crippen LogP contribution is 2.29. The van der Waals surface area contributed by atoms with Crippen molar-refractivity contribution in [3.63, 3.8) is 0 Å². The number of sulfonamides is 1. The van der Waals surface area contributed by atoms with E-state index in [4.69, 9.17) is 0 Å². The summed E-state index contributed by atoms with van der Waals surface area (Å²) in [5.41, 5.74) is 0.175. The largest absolute Gasteiger partial charge is 0.326 e. The van der Waals surface area contributed by atoms with Crippen LogP contribution in [0.4, 0.5) is 11.4 Å². The second-order valence-corrected chi connectivity index (χ2v) is 8.19. The number of carbonyl (C=O) groups excluding carboxylic acids is 1.